The SMILES string of the molecule is O=S(=O)(CS(=O)(=O)Oc1cccc(C(F)(F)F)c1)Oc1cccc(C(F)(F)F)c1. The van der Waals surface area contributed by atoms with E-state index in [0.717, 1.165) is 24.3 Å². The summed E-state index contributed by atoms with van der Waals surface area (Å²) in [6, 6.07) is 5.28. The summed E-state index contributed by atoms with van der Waals surface area (Å²) in [5, 5.41) is -1.85. The number of alkyl halides is 6. The molecule has 160 valence electrons. The van der Waals surface area contributed by atoms with Crippen LogP contribution in [0, 0.1) is 0 Å². The van der Waals surface area contributed by atoms with Crippen molar-refractivity contribution in [2.45, 2.75) is 12.4 Å². The molecule has 0 fully saturated rings. The van der Waals surface area contributed by atoms with Gasteiger partial charge in [-0.2, -0.15) is 43.2 Å². The average Bonchev–Trinajstić information content (AvgIpc) is 2.51. The van der Waals surface area contributed by atoms with Gasteiger partial charge in [0, 0.05) is 0 Å². The van der Waals surface area contributed by atoms with Crippen LogP contribution in [0.15, 0.2) is 48.5 Å². The molecule has 0 aromatic heterocycles. The van der Waals surface area contributed by atoms with Crippen molar-refractivity contribution in [1.82, 2.24) is 0 Å². The molecule has 0 aliphatic carbocycles. The molecule has 0 radical (unpaired) electrons. The Morgan fingerprint density at radius 1 is 0.655 bits per heavy atom. The number of hydrogen-bond donors (Lipinski definition) is 0. The lowest BCUT2D eigenvalue weighted by molar-refractivity contribution is -0.138. The minimum Gasteiger partial charge on any atom is -0.382 e. The third-order valence-electron chi connectivity index (χ3n) is 3.06. The first-order valence-electron chi connectivity index (χ1n) is 7.26. The van der Waals surface area contributed by atoms with Crippen LogP contribution in [0.2, 0.25) is 0 Å². The maximum Gasteiger partial charge on any atom is 0.416 e. The fourth-order valence-corrected chi connectivity index (χ4v) is 4.56. The van der Waals surface area contributed by atoms with Crippen LogP contribution in [-0.4, -0.2) is 21.9 Å². The maximum absolute atomic E-state index is 12.6. The van der Waals surface area contributed by atoms with E-state index in [1.165, 1.54) is 0 Å². The van der Waals surface area contributed by atoms with Crippen molar-refractivity contribution < 1.29 is 51.5 Å². The van der Waals surface area contributed by atoms with Crippen LogP contribution in [0.5, 0.6) is 11.5 Å². The van der Waals surface area contributed by atoms with Crippen molar-refractivity contribution >= 4 is 20.2 Å². The zero-order valence-corrected chi connectivity index (χ0v) is 15.5. The molecule has 0 amide bonds. The summed E-state index contributed by atoms with van der Waals surface area (Å²) < 4.78 is 132. The van der Waals surface area contributed by atoms with E-state index in [4.69, 9.17) is 0 Å². The van der Waals surface area contributed by atoms with Gasteiger partial charge in [-0.05, 0) is 36.4 Å². The van der Waals surface area contributed by atoms with E-state index < -0.39 is 60.3 Å². The number of rotatable bonds is 6. The Kier molecular flexibility index (Phi) is 6.09. The van der Waals surface area contributed by atoms with E-state index in [1.807, 2.05) is 0 Å². The molecule has 0 N–H and O–H groups in total. The minimum atomic E-state index is -5.02. The van der Waals surface area contributed by atoms with Gasteiger partial charge < -0.3 is 8.37 Å². The van der Waals surface area contributed by atoms with Crippen LogP contribution in [0.1, 0.15) is 11.1 Å². The lowest BCUT2D eigenvalue weighted by Gasteiger charge is -2.12. The molecule has 0 atom stereocenters. The Hall–Kier alpha value is -2.48. The zero-order chi connectivity index (χ0) is 22.1. The number of hydrogen-bond acceptors (Lipinski definition) is 6. The first kappa shape index (κ1) is 22.8. The van der Waals surface area contributed by atoms with Crippen molar-refractivity contribution in [2.75, 3.05) is 5.08 Å². The summed E-state index contributed by atoms with van der Waals surface area (Å²) in [5.41, 5.74) is -2.48. The third-order valence-corrected chi connectivity index (χ3v) is 6.26. The van der Waals surface area contributed by atoms with Gasteiger partial charge in [-0.25, -0.2) is 0 Å². The van der Waals surface area contributed by atoms with Gasteiger partial charge >= 0.3 is 32.6 Å². The summed E-state index contributed by atoms with van der Waals surface area (Å²) in [6.07, 6.45) is -9.61. The molecule has 0 aliphatic heterocycles. The normalized spacial score (nSPS) is 13.2. The van der Waals surface area contributed by atoms with Gasteiger partial charge in [-0.1, -0.05) is 12.1 Å². The van der Waals surface area contributed by atoms with Crippen molar-refractivity contribution in [1.29, 1.82) is 0 Å². The summed E-state index contributed by atoms with van der Waals surface area (Å²) >= 11 is 0. The molecule has 0 heterocycles. The number of benzene rings is 2. The molecule has 0 spiro atoms. The highest BCUT2D eigenvalue weighted by Crippen LogP contribution is 2.33. The Balaban J connectivity index is 2.17. The predicted octanol–water partition coefficient (Wildman–Crippen LogP) is 3.80. The quantitative estimate of drug-likeness (QED) is 0.478. The van der Waals surface area contributed by atoms with Gasteiger partial charge in [0.15, 0.2) is 0 Å². The molecule has 0 unspecified atom stereocenters. The minimum absolute atomic E-state index is 0.331. The second-order valence-corrected chi connectivity index (χ2v) is 8.96. The molecule has 14 heteroatoms. The predicted molar refractivity (Wildman–Crippen MR) is 86.9 cm³/mol. The molecule has 0 aliphatic rings. The van der Waals surface area contributed by atoms with Gasteiger partial charge in [0.25, 0.3) is 0 Å². The van der Waals surface area contributed by atoms with Gasteiger partial charge in [0.05, 0.1) is 11.1 Å². The fourth-order valence-electron chi connectivity index (χ4n) is 1.97. The van der Waals surface area contributed by atoms with E-state index in [9.17, 15) is 43.2 Å². The fraction of sp³-hybridized carbons (Fsp3) is 0.200. The van der Waals surface area contributed by atoms with E-state index in [-0.39, 0.29) is 0 Å². The summed E-state index contributed by atoms with van der Waals surface area (Å²) in [4.78, 5) is 0. The van der Waals surface area contributed by atoms with Crippen molar-refractivity contribution in [3.05, 3.63) is 59.7 Å². The van der Waals surface area contributed by atoms with E-state index in [1.54, 1.807) is 0 Å². The second-order valence-electron chi connectivity index (χ2n) is 5.45. The van der Waals surface area contributed by atoms with E-state index in [0.29, 0.717) is 24.3 Å². The monoisotopic (exact) mass is 464 g/mol. The highest BCUT2D eigenvalue weighted by atomic mass is 32.3. The lowest BCUT2D eigenvalue weighted by atomic mass is 10.2. The Bertz CT molecular complexity index is 1000. The van der Waals surface area contributed by atoms with Crippen molar-refractivity contribution in [3.8, 4) is 11.5 Å². The molecule has 0 saturated heterocycles. The number of halogens is 6. The van der Waals surface area contributed by atoms with Gasteiger partial charge in [-0.3, -0.25) is 0 Å². The molecule has 6 nitrogen and oxygen atoms in total. The Morgan fingerprint density at radius 3 is 1.31 bits per heavy atom. The molecule has 0 bridgehead atoms. The highest BCUT2D eigenvalue weighted by molar-refractivity contribution is 8.04. The van der Waals surface area contributed by atoms with Crippen LogP contribution in [0.3, 0.4) is 0 Å². The summed E-state index contributed by atoms with van der Waals surface area (Å²) in [5.74, 6) is -1.62. The third kappa shape index (κ3) is 6.81. The average molecular weight is 464 g/mol. The van der Waals surface area contributed by atoms with Gasteiger partial charge in [0.2, 0.25) is 5.08 Å². The smallest absolute Gasteiger partial charge is 0.382 e. The van der Waals surface area contributed by atoms with Crippen LogP contribution >= 0.6 is 0 Å². The first-order valence-corrected chi connectivity index (χ1v) is 10.4. The zero-order valence-electron chi connectivity index (χ0n) is 13.9. The molecule has 0 saturated carbocycles. The van der Waals surface area contributed by atoms with Crippen LogP contribution < -0.4 is 8.37 Å². The van der Waals surface area contributed by atoms with E-state index >= 15 is 0 Å². The molecular weight excluding hydrogens is 454 g/mol. The maximum atomic E-state index is 12.6. The summed E-state index contributed by atoms with van der Waals surface area (Å²) in [6.45, 7) is 0. The van der Waals surface area contributed by atoms with Crippen LogP contribution in [0.25, 0.3) is 0 Å². The second kappa shape index (κ2) is 7.74. The molecule has 2 rings (SSSR count). The van der Waals surface area contributed by atoms with Crippen molar-refractivity contribution in [3.63, 3.8) is 0 Å². The molecule has 2 aromatic carbocycles. The topological polar surface area (TPSA) is 86.7 Å². The van der Waals surface area contributed by atoms with Crippen LogP contribution in [0.4, 0.5) is 26.3 Å². The Labute approximate surface area is 160 Å². The highest BCUT2D eigenvalue weighted by Gasteiger charge is 2.33. The van der Waals surface area contributed by atoms with Gasteiger partial charge in [0.1, 0.15) is 11.5 Å². The Morgan fingerprint density at radius 2 is 1.00 bits per heavy atom. The summed E-state index contributed by atoms with van der Waals surface area (Å²) in [7, 11) is -10.0. The largest absolute Gasteiger partial charge is 0.416 e. The molecule has 2 aromatic rings. The first-order chi connectivity index (χ1) is 13.1. The molecular formula is C15H10F6O6S2. The molecule has 29 heavy (non-hydrogen) atoms. The van der Waals surface area contributed by atoms with Crippen LogP contribution in [-0.2, 0) is 32.6 Å². The van der Waals surface area contributed by atoms with Crippen molar-refractivity contribution in [2.24, 2.45) is 0 Å². The van der Waals surface area contributed by atoms with Gasteiger partial charge in [-0.15, -0.1) is 0 Å². The van der Waals surface area contributed by atoms with E-state index in [2.05, 4.69) is 8.37 Å². The lowest BCUT2D eigenvalue weighted by Crippen LogP contribution is -2.25. The standard InChI is InChI=1S/C15H10F6O6S2/c16-14(17,18)10-3-1-5-12(7-10)26-28(22,23)9-29(24,25)27-13-6-2-4-11(8-13)15(19,20)21/h1-8H,9H2.